The molecule has 0 saturated heterocycles. The van der Waals surface area contributed by atoms with Gasteiger partial charge >= 0.3 is 12.1 Å². The van der Waals surface area contributed by atoms with Crippen LogP contribution in [0.3, 0.4) is 0 Å². The molecule has 0 bridgehead atoms. The second-order valence-corrected chi connectivity index (χ2v) is 8.89. The lowest BCUT2D eigenvalue weighted by atomic mass is 10.0. The highest BCUT2D eigenvalue weighted by atomic mass is 16.5. The number of azide groups is 1. The van der Waals surface area contributed by atoms with Crippen molar-refractivity contribution >= 4 is 23.9 Å². The molecule has 0 spiro atoms. The van der Waals surface area contributed by atoms with E-state index in [2.05, 4.69) is 31.9 Å². The summed E-state index contributed by atoms with van der Waals surface area (Å²) >= 11 is 0. The van der Waals surface area contributed by atoms with E-state index in [4.69, 9.17) is 21.4 Å². The van der Waals surface area contributed by atoms with Gasteiger partial charge in [-0.1, -0.05) is 55.7 Å². The van der Waals surface area contributed by atoms with E-state index in [1.807, 2.05) is 19.9 Å². The molecule has 0 saturated carbocycles. The summed E-state index contributed by atoms with van der Waals surface area (Å²) in [4.78, 5) is 53.3. The molecule has 1 aromatic rings. The maximum Gasteiger partial charge on any atom is 0.408 e. The van der Waals surface area contributed by atoms with Gasteiger partial charge in [0.1, 0.15) is 24.7 Å². The van der Waals surface area contributed by atoms with E-state index >= 15 is 0 Å². The molecule has 0 fully saturated rings. The van der Waals surface area contributed by atoms with Gasteiger partial charge in [-0.15, -0.1) is 12.3 Å². The van der Waals surface area contributed by atoms with E-state index in [1.54, 1.807) is 24.3 Å². The van der Waals surface area contributed by atoms with Crippen molar-refractivity contribution in [2.75, 3.05) is 13.7 Å². The summed E-state index contributed by atoms with van der Waals surface area (Å²) < 4.78 is 9.97. The standard InChI is InChI=1S/C26H36N6O6/c1-5-11-20(31-26(36)38-17-19-12-7-6-8-13-19)23(33)30-22(16-18(2)3)24(34)29-21(25(35)37-4)14-9-10-15-28-32-27/h1,6-8,12-13,18,20-22H,9-11,14-17H2,2-4H3,(H,29,34)(H,30,33)(H,31,36)/t20-,21-,22-/m0/s1. The number of amides is 3. The predicted octanol–water partition coefficient (Wildman–Crippen LogP) is 2.97. The zero-order valence-corrected chi connectivity index (χ0v) is 22.0. The van der Waals surface area contributed by atoms with Crippen molar-refractivity contribution in [2.24, 2.45) is 11.0 Å². The van der Waals surface area contributed by atoms with Crippen LogP contribution < -0.4 is 16.0 Å². The number of alkyl carbamates (subject to hydrolysis) is 1. The highest BCUT2D eigenvalue weighted by molar-refractivity contribution is 5.93. The van der Waals surface area contributed by atoms with E-state index in [0.717, 1.165) is 5.56 Å². The summed E-state index contributed by atoms with van der Waals surface area (Å²) in [5.41, 5.74) is 9.14. The number of carbonyl (C=O) groups is 4. The van der Waals surface area contributed by atoms with Crippen LogP contribution in [0, 0.1) is 18.3 Å². The van der Waals surface area contributed by atoms with Gasteiger partial charge < -0.3 is 25.4 Å². The Morgan fingerprint density at radius 1 is 1.03 bits per heavy atom. The molecule has 206 valence electrons. The Hall–Kier alpha value is -4.23. The Kier molecular flexibility index (Phi) is 15.1. The van der Waals surface area contributed by atoms with Crippen molar-refractivity contribution in [3.63, 3.8) is 0 Å². The fraction of sp³-hybridized carbons (Fsp3) is 0.538. The van der Waals surface area contributed by atoms with Crippen LogP contribution in [0.2, 0.25) is 0 Å². The molecule has 12 heteroatoms. The first-order chi connectivity index (χ1) is 18.2. The third-order valence-electron chi connectivity index (χ3n) is 5.35. The zero-order valence-electron chi connectivity index (χ0n) is 22.0. The fourth-order valence-corrected chi connectivity index (χ4v) is 3.45. The Labute approximate surface area is 222 Å². The van der Waals surface area contributed by atoms with Crippen molar-refractivity contribution in [1.29, 1.82) is 0 Å². The normalized spacial score (nSPS) is 12.6. The molecule has 3 N–H and O–H groups in total. The van der Waals surface area contributed by atoms with Gasteiger partial charge in [0.2, 0.25) is 11.8 Å². The van der Waals surface area contributed by atoms with Gasteiger partial charge in [0, 0.05) is 17.9 Å². The molecule has 3 amide bonds. The van der Waals surface area contributed by atoms with Crippen LogP contribution in [0.25, 0.3) is 10.4 Å². The van der Waals surface area contributed by atoms with Crippen LogP contribution in [-0.2, 0) is 30.5 Å². The molecule has 1 aromatic carbocycles. The zero-order chi connectivity index (χ0) is 28.3. The maximum absolute atomic E-state index is 13.1. The summed E-state index contributed by atoms with van der Waals surface area (Å²) in [7, 11) is 1.21. The summed E-state index contributed by atoms with van der Waals surface area (Å²) in [5, 5.41) is 11.2. The van der Waals surface area contributed by atoms with Crippen LogP contribution in [0.1, 0.15) is 51.5 Å². The number of benzene rings is 1. The van der Waals surface area contributed by atoms with Gasteiger partial charge in [-0.25, -0.2) is 9.59 Å². The molecule has 1 rings (SSSR count). The van der Waals surface area contributed by atoms with Crippen LogP contribution in [0.15, 0.2) is 35.4 Å². The molecular weight excluding hydrogens is 492 g/mol. The molecule has 0 aliphatic carbocycles. The number of hydrogen-bond donors (Lipinski definition) is 3. The molecule has 0 heterocycles. The highest BCUT2D eigenvalue weighted by Crippen LogP contribution is 2.09. The number of ether oxygens (including phenoxy) is 2. The molecule has 38 heavy (non-hydrogen) atoms. The summed E-state index contributed by atoms with van der Waals surface area (Å²) in [5.74, 6) is 0.479. The quantitative estimate of drug-likeness (QED) is 0.0743. The van der Waals surface area contributed by atoms with E-state index in [9.17, 15) is 19.2 Å². The summed E-state index contributed by atoms with van der Waals surface area (Å²) in [6.07, 6.45) is 5.99. The Balaban J connectivity index is 2.84. The minimum absolute atomic E-state index is 0.00717. The summed E-state index contributed by atoms with van der Waals surface area (Å²) in [6, 6.07) is 5.94. The second kappa shape index (κ2) is 18.1. The number of methoxy groups -OCH3 is 1. The number of rotatable bonds is 16. The number of terminal acetylenes is 1. The monoisotopic (exact) mass is 528 g/mol. The largest absolute Gasteiger partial charge is 0.467 e. The average molecular weight is 529 g/mol. The second-order valence-electron chi connectivity index (χ2n) is 8.89. The van der Waals surface area contributed by atoms with E-state index in [0.29, 0.717) is 12.8 Å². The number of unbranched alkanes of at least 4 members (excludes halogenated alkanes) is 1. The minimum Gasteiger partial charge on any atom is -0.467 e. The molecular formula is C26H36N6O6. The number of carbonyl (C=O) groups excluding carboxylic acids is 4. The molecule has 0 unspecified atom stereocenters. The minimum atomic E-state index is -1.14. The third-order valence-corrected chi connectivity index (χ3v) is 5.35. The van der Waals surface area contributed by atoms with Gasteiger partial charge in [0.15, 0.2) is 0 Å². The fourth-order valence-electron chi connectivity index (χ4n) is 3.45. The molecule has 0 aliphatic heterocycles. The van der Waals surface area contributed by atoms with Crippen LogP contribution in [0.5, 0.6) is 0 Å². The SMILES string of the molecule is C#CC[C@H](NC(=O)OCc1ccccc1)C(=O)N[C@@H](CC(C)C)C(=O)N[C@@H](CCCCN=[N+]=[N-])C(=O)OC. The number of nitrogens with one attached hydrogen (secondary N) is 3. The van der Waals surface area contributed by atoms with E-state index in [-0.39, 0.29) is 38.3 Å². The van der Waals surface area contributed by atoms with Gasteiger partial charge in [0.05, 0.1) is 7.11 Å². The lowest BCUT2D eigenvalue weighted by Gasteiger charge is -2.25. The van der Waals surface area contributed by atoms with Gasteiger partial charge in [-0.3, -0.25) is 9.59 Å². The smallest absolute Gasteiger partial charge is 0.408 e. The first-order valence-electron chi connectivity index (χ1n) is 12.3. The molecule has 12 nitrogen and oxygen atoms in total. The number of hydrogen-bond acceptors (Lipinski definition) is 7. The Morgan fingerprint density at radius 2 is 1.68 bits per heavy atom. The van der Waals surface area contributed by atoms with Gasteiger partial charge in [-0.2, -0.15) is 0 Å². The Morgan fingerprint density at radius 3 is 2.29 bits per heavy atom. The number of esters is 1. The Bertz CT molecular complexity index is 1000. The maximum atomic E-state index is 13.1. The van der Waals surface area contributed by atoms with E-state index < -0.39 is 42.0 Å². The molecule has 0 aromatic heterocycles. The lowest BCUT2D eigenvalue weighted by Crippen LogP contribution is -2.56. The van der Waals surface area contributed by atoms with E-state index in [1.165, 1.54) is 7.11 Å². The van der Waals surface area contributed by atoms with Crippen molar-refractivity contribution in [1.82, 2.24) is 16.0 Å². The number of nitrogens with zero attached hydrogens (tertiary/aromatic N) is 3. The first kappa shape index (κ1) is 31.8. The first-order valence-corrected chi connectivity index (χ1v) is 12.3. The van der Waals surface area contributed by atoms with Crippen molar-refractivity contribution in [3.05, 3.63) is 46.3 Å². The lowest BCUT2D eigenvalue weighted by molar-refractivity contribution is -0.145. The van der Waals surface area contributed by atoms with Crippen LogP contribution in [-0.4, -0.2) is 55.7 Å². The van der Waals surface area contributed by atoms with Crippen molar-refractivity contribution in [3.8, 4) is 12.3 Å². The molecule has 3 atom stereocenters. The highest BCUT2D eigenvalue weighted by Gasteiger charge is 2.30. The van der Waals surface area contributed by atoms with Gasteiger partial charge in [0.25, 0.3) is 0 Å². The predicted molar refractivity (Wildman–Crippen MR) is 140 cm³/mol. The molecule has 0 aliphatic rings. The van der Waals surface area contributed by atoms with Crippen molar-refractivity contribution < 1.29 is 28.7 Å². The average Bonchev–Trinajstić information content (AvgIpc) is 2.90. The van der Waals surface area contributed by atoms with Crippen LogP contribution >= 0.6 is 0 Å². The van der Waals surface area contributed by atoms with Gasteiger partial charge in [-0.05, 0) is 36.3 Å². The third kappa shape index (κ3) is 12.6. The van der Waals surface area contributed by atoms with Crippen molar-refractivity contribution in [2.45, 2.75) is 70.7 Å². The molecule has 0 radical (unpaired) electrons. The summed E-state index contributed by atoms with van der Waals surface area (Å²) in [6.45, 7) is 4.02. The topological polar surface area (TPSA) is 172 Å². The van der Waals surface area contributed by atoms with Crippen LogP contribution in [0.4, 0.5) is 4.79 Å².